The summed E-state index contributed by atoms with van der Waals surface area (Å²) in [6.07, 6.45) is 0.963. The zero-order valence-electron chi connectivity index (χ0n) is 17.4. The van der Waals surface area contributed by atoms with E-state index in [4.69, 9.17) is 4.99 Å². The fourth-order valence-corrected chi connectivity index (χ4v) is 4.55. The number of anilines is 1. The zero-order valence-corrected chi connectivity index (χ0v) is 18.2. The first-order valence-corrected chi connectivity index (χ1v) is 10.8. The smallest absolute Gasteiger partial charge is 0.242 e. The number of rotatable bonds is 6. The number of para-hydroxylation sites is 1. The van der Waals surface area contributed by atoms with Crippen LogP contribution in [0.4, 0.5) is 11.4 Å². The summed E-state index contributed by atoms with van der Waals surface area (Å²) in [4.78, 5) is 31.9. The number of hydrogen-bond acceptors (Lipinski definition) is 4. The van der Waals surface area contributed by atoms with E-state index in [0.717, 1.165) is 34.5 Å². The van der Waals surface area contributed by atoms with Gasteiger partial charge in [-0.15, -0.1) is 0 Å². The molecule has 1 saturated heterocycles. The molecular formula is C23H27N3O2S. The van der Waals surface area contributed by atoms with Crippen LogP contribution in [0, 0.1) is 20.8 Å². The number of amides is 2. The molecule has 6 heteroatoms. The lowest BCUT2D eigenvalue weighted by Gasteiger charge is -2.15. The van der Waals surface area contributed by atoms with Crippen LogP contribution in [0.1, 0.15) is 36.5 Å². The third-order valence-electron chi connectivity index (χ3n) is 4.69. The summed E-state index contributed by atoms with van der Waals surface area (Å²) >= 11 is 1.38. The number of benzene rings is 2. The van der Waals surface area contributed by atoms with Gasteiger partial charge in [0, 0.05) is 18.7 Å². The van der Waals surface area contributed by atoms with Crippen molar-refractivity contribution in [1.29, 1.82) is 0 Å². The largest absolute Gasteiger partial charge is 0.326 e. The Morgan fingerprint density at radius 2 is 1.83 bits per heavy atom. The van der Waals surface area contributed by atoms with Crippen LogP contribution in [0.2, 0.25) is 0 Å². The van der Waals surface area contributed by atoms with Gasteiger partial charge in [-0.1, -0.05) is 43.0 Å². The molecule has 2 aromatic carbocycles. The maximum Gasteiger partial charge on any atom is 0.242 e. The number of carbonyl (C=O) groups excluding carboxylic acids is 2. The van der Waals surface area contributed by atoms with Crippen LogP contribution < -0.4 is 5.32 Å². The van der Waals surface area contributed by atoms with Gasteiger partial charge in [-0.05, 0) is 62.1 Å². The molecule has 1 N–H and O–H groups in total. The van der Waals surface area contributed by atoms with Crippen LogP contribution in [0.3, 0.4) is 0 Å². The van der Waals surface area contributed by atoms with Crippen molar-refractivity contribution < 1.29 is 9.59 Å². The molecule has 1 aliphatic heterocycles. The molecule has 0 bridgehead atoms. The maximum atomic E-state index is 12.9. The third kappa shape index (κ3) is 5.26. The lowest BCUT2D eigenvalue weighted by Crippen LogP contribution is -2.34. The quantitative estimate of drug-likeness (QED) is 0.732. The number of carbonyl (C=O) groups is 2. The van der Waals surface area contributed by atoms with E-state index in [0.29, 0.717) is 11.7 Å². The summed E-state index contributed by atoms with van der Waals surface area (Å²) in [5.41, 5.74) is 4.88. The molecule has 0 aliphatic carbocycles. The van der Waals surface area contributed by atoms with Crippen LogP contribution >= 0.6 is 11.8 Å². The molecule has 0 spiro atoms. The number of hydrogen-bond donors (Lipinski definition) is 1. The highest BCUT2D eigenvalue weighted by molar-refractivity contribution is 8.15. The Balaban J connectivity index is 1.77. The summed E-state index contributed by atoms with van der Waals surface area (Å²) < 4.78 is 0. The van der Waals surface area contributed by atoms with E-state index in [9.17, 15) is 9.59 Å². The highest BCUT2D eigenvalue weighted by Gasteiger charge is 2.38. The molecule has 29 heavy (non-hydrogen) atoms. The highest BCUT2D eigenvalue weighted by Crippen LogP contribution is 2.32. The predicted molar refractivity (Wildman–Crippen MR) is 121 cm³/mol. The number of nitrogens with zero attached hydrogens (tertiary/aromatic N) is 2. The second-order valence-corrected chi connectivity index (χ2v) is 8.57. The van der Waals surface area contributed by atoms with E-state index in [1.807, 2.05) is 64.1 Å². The van der Waals surface area contributed by atoms with Gasteiger partial charge in [0.2, 0.25) is 11.8 Å². The Kier molecular flexibility index (Phi) is 6.75. The van der Waals surface area contributed by atoms with Crippen molar-refractivity contribution in [2.24, 2.45) is 4.99 Å². The minimum Gasteiger partial charge on any atom is -0.326 e. The van der Waals surface area contributed by atoms with Crippen molar-refractivity contribution in [3.8, 4) is 0 Å². The first kappa shape index (κ1) is 21.1. The molecule has 3 rings (SSSR count). The maximum absolute atomic E-state index is 12.9. The minimum absolute atomic E-state index is 0.0418. The second-order valence-electron chi connectivity index (χ2n) is 7.40. The van der Waals surface area contributed by atoms with E-state index in [-0.39, 0.29) is 18.2 Å². The molecule has 0 radical (unpaired) electrons. The molecule has 0 unspecified atom stereocenters. The number of nitrogens with one attached hydrogen (secondary N) is 1. The Morgan fingerprint density at radius 1 is 1.14 bits per heavy atom. The first-order chi connectivity index (χ1) is 13.9. The van der Waals surface area contributed by atoms with E-state index < -0.39 is 5.25 Å². The van der Waals surface area contributed by atoms with Crippen LogP contribution in [0.15, 0.2) is 47.5 Å². The van der Waals surface area contributed by atoms with E-state index in [1.54, 1.807) is 4.90 Å². The molecule has 2 amide bonds. The van der Waals surface area contributed by atoms with Crippen molar-refractivity contribution in [2.75, 3.05) is 11.9 Å². The first-order valence-electron chi connectivity index (χ1n) is 9.88. The molecule has 1 fully saturated rings. The number of aryl methyl sites for hydroxylation is 3. The van der Waals surface area contributed by atoms with Crippen molar-refractivity contribution in [1.82, 2.24) is 4.90 Å². The Labute approximate surface area is 176 Å². The van der Waals surface area contributed by atoms with Gasteiger partial charge in [-0.25, -0.2) is 4.99 Å². The summed E-state index contributed by atoms with van der Waals surface area (Å²) in [6, 6.07) is 13.7. The van der Waals surface area contributed by atoms with E-state index >= 15 is 0 Å². The molecule has 2 aromatic rings. The summed E-state index contributed by atoms with van der Waals surface area (Å²) in [5, 5.41) is 3.15. The van der Waals surface area contributed by atoms with Gasteiger partial charge >= 0.3 is 0 Å². The number of thioether (sulfide) groups is 1. The van der Waals surface area contributed by atoms with Crippen molar-refractivity contribution in [3.05, 3.63) is 59.2 Å². The average molecular weight is 410 g/mol. The second kappa shape index (κ2) is 9.27. The van der Waals surface area contributed by atoms with Crippen molar-refractivity contribution >= 4 is 40.1 Å². The fraction of sp³-hybridized carbons (Fsp3) is 0.348. The van der Waals surface area contributed by atoms with Crippen LogP contribution in [-0.2, 0) is 9.59 Å². The summed E-state index contributed by atoms with van der Waals surface area (Å²) in [5.74, 6) is -0.200. The van der Waals surface area contributed by atoms with Gasteiger partial charge in [0.05, 0.1) is 5.69 Å². The van der Waals surface area contributed by atoms with E-state index in [2.05, 4.69) is 11.4 Å². The van der Waals surface area contributed by atoms with Gasteiger partial charge < -0.3 is 5.32 Å². The standard InChI is InChI=1S/C23H27N3O2S/c1-5-10-26-22(28)20(14-21(27)25-19-9-7-6-8-17(19)4)29-23(26)24-18-12-15(2)11-16(3)13-18/h6-9,11-13,20H,5,10,14H2,1-4H3,(H,25,27)/t20-/m1/s1. The Bertz CT molecular complexity index is 935. The lowest BCUT2D eigenvalue weighted by molar-refractivity contribution is -0.128. The van der Waals surface area contributed by atoms with Gasteiger partial charge in [0.1, 0.15) is 5.25 Å². The molecule has 1 atom stereocenters. The fourth-order valence-electron chi connectivity index (χ4n) is 3.36. The molecule has 0 aromatic heterocycles. The normalized spacial score (nSPS) is 17.8. The van der Waals surface area contributed by atoms with Gasteiger partial charge in [-0.3, -0.25) is 14.5 Å². The minimum atomic E-state index is -0.449. The van der Waals surface area contributed by atoms with Crippen LogP contribution in [0.5, 0.6) is 0 Å². The molecule has 1 heterocycles. The molecule has 0 saturated carbocycles. The van der Waals surface area contributed by atoms with Crippen LogP contribution in [-0.4, -0.2) is 33.7 Å². The van der Waals surface area contributed by atoms with E-state index in [1.165, 1.54) is 11.8 Å². The summed E-state index contributed by atoms with van der Waals surface area (Å²) in [6.45, 7) is 8.65. The monoisotopic (exact) mass is 409 g/mol. The lowest BCUT2D eigenvalue weighted by atomic mass is 10.1. The molecule has 1 aliphatic rings. The molecule has 5 nitrogen and oxygen atoms in total. The topological polar surface area (TPSA) is 61.8 Å². The molecular weight excluding hydrogens is 382 g/mol. The van der Waals surface area contributed by atoms with Gasteiger partial charge in [-0.2, -0.15) is 0 Å². The van der Waals surface area contributed by atoms with Crippen molar-refractivity contribution in [3.63, 3.8) is 0 Å². The Morgan fingerprint density at radius 3 is 2.48 bits per heavy atom. The SMILES string of the molecule is CCCN1C(=O)[C@@H](CC(=O)Nc2ccccc2C)SC1=Nc1cc(C)cc(C)c1. The Hall–Kier alpha value is -2.60. The number of amidine groups is 1. The predicted octanol–water partition coefficient (Wildman–Crippen LogP) is 4.98. The average Bonchev–Trinajstić information content (AvgIpc) is 2.92. The number of aliphatic imine (C=N–C) groups is 1. The highest BCUT2D eigenvalue weighted by atomic mass is 32.2. The van der Waals surface area contributed by atoms with Gasteiger partial charge in [0.25, 0.3) is 0 Å². The molecule has 152 valence electrons. The summed E-state index contributed by atoms with van der Waals surface area (Å²) in [7, 11) is 0. The van der Waals surface area contributed by atoms with Crippen LogP contribution in [0.25, 0.3) is 0 Å². The van der Waals surface area contributed by atoms with Crippen molar-refractivity contribution in [2.45, 2.75) is 45.8 Å². The zero-order chi connectivity index (χ0) is 21.0. The van der Waals surface area contributed by atoms with Gasteiger partial charge in [0.15, 0.2) is 5.17 Å². The third-order valence-corrected chi connectivity index (χ3v) is 5.86.